The van der Waals surface area contributed by atoms with Crippen LogP contribution in [-0.4, -0.2) is 144 Å². The lowest BCUT2D eigenvalue weighted by Gasteiger charge is -2.28. The topological polar surface area (TPSA) is 361 Å². The number of nitrogens with one attached hydrogen (secondary N) is 4. The predicted molar refractivity (Wildman–Crippen MR) is 495 cm³/mol. The van der Waals surface area contributed by atoms with Crippen molar-refractivity contribution in [1.29, 1.82) is 0 Å². The summed E-state index contributed by atoms with van der Waals surface area (Å²) >= 11 is 0. The third kappa shape index (κ3) is 20.6. The van der Waals surface area contributed by atoms with Gasteiger partial charge in [-0.1, -0.05) is 84.0 Å². The van der Waals surface area contributed by atoms with Crippen molar-refractivity contribution < 1.29 is 52.6 Å². The van der Waals surface area contributed by atoms with Gasteiger partial charge in [0.2, 0.25) is 0 Å². The molecule has 1 aliphatic heterocycles. The van der Waals surface area contributed by atoms with Crippen molar-refractivity contribution in [3.05, 3.63) is 283 Å². The quantitative estimate of drug-likeness (QED) is 0.0550. The van der Waals surface area contributed by atoms with Crippen LogP contribution in [0.3, 0.4) is 0 Å². The molecule has 17 rings (SSSR count). The fourth-order valence-electron chi connectivity index (χ4n) is 14.2. The summed E-state index contributed by atoms with van der Waals surface area (Å²) in [4.78, 5) is 16.0. The fraction of sp³-hybridized carbons (Fsp3) is 0.237. The number of fused-ring (bicyclic) bond motifs is 4. The molecule has 0 bridgehead atoms. The van der Waals surface area contributed by atoms with Crippen LogP contribution in [0.15, 0.2) is 269 Å². The third-order valence-corrected chi connectivity index (χ3v) is 25.9. The van der Waals surface area contributed by atoms with E-state index in [2.05, 4.69) is 111 Å². The normalized spacial score (nSPS) is 12.8. The second-order valence-electron chi connectivity index (χ2n) is 33.1. The lowest BCUT2D eigenvalue weighted by molar-refractivity contribution is 0.122. The van der Waals surface area contributed by atoms with E-state index in [-0.39, 0.29) is 41.8 Å². The van der Waals surface area contributed by atoms with Crippen molar-refractivity contribution in [2.75, 3.05) is 64.3 Å². The van der Waals surface area contributed by atoms with Gasteiger partial charge in [-0.2, -0.15) is 30.6 Å². The minimum atomic E-state index is -3.89. The molecule has 9 heterocycles. The number of methoxy groups -OCH3 is 2. The molecule has 0 amide bonds. The molecular formula is C93H98N18O12S4. The Morgan fingerprint density at radius 2 is 0.724 bits per heavy atom. The Labute approximate surface area is 738 Å². The second kappa shape index (κ2) is 36.5. The Morgan fingerprint density at radius 1 is 0.370 bits per heavy atom. The molecule has 0 radical (unpaired) electrons. The van der Waals surface area contributed by atoms with Crippen LogP contribution in [0.2, 0.25) is 0 Å². The van der Waals surface area contributed by atoms with Crippen LogP contribution in [0, 0.1) is 27.7 Å². The van der Waals surface area contributed by atoms with Gasteiger partial charge in [0.05, 0.1) is 110 Å². The molecular weight excluding hydrogens is 1690 g/mol. The number of hydrogen-bond acceptors (Lipinski definition) is 22. The summed E-state index contributed by atoms with van der Waals surface area (Å²) in [6, 6.07) is 63.7. The minimum Gasteiger partial charge on any atom is -0.494 e. The third-order valence-electron chi connectivity index (χ3n) is 20.4. The molecule has 8 aromatic heterocycles. The number of pyridine rings is 3. The second-order valence-corrected chi connectivity index (χ2v) is 39.8. The van der Waals surface area contributed by atoms with E-state index in [1.165, 1.54) is 16.8 Å². The van der Waals surface area contributed by atoms with E-state index in [4.69, 9.17) is 18.9 Å². The van der Waals surface area contributed by atoms with Gasteiger partial charge in [-0.25, -0.2) is 52.4 Å². The van der Waals surface area contributed by atoms with Crippen molar-refractivity contribution in [3.8, 4) is 40.0 Å². The zero-order valence-electron chi connectivity index (χ0n) is 72.8. The maximum Gasteiger partial charge on any atom is 0.263 e. The lowest BCUT2D eigenvalue weighted by Crippen LogP contribution is -2.36. The van der Waals surface area contributed by atoms with Crippen molar-refractivity contribution in [1.82, 2.24) is 64.3 Å². The standard InChI is InChI=1S/C24H26N4O4S.C24H26N4O3S.C23H23N5O3S.C22H23N5O2S/c1-16-15-22(27-33(29,30)18-10-8-17(9-11-18)32-24(2,3)4)28(26-16)23-19-7-6-14-25-20(19)12-13-21(23)31-5;1-16-15-22(27-32(29,30)18-10-8-17(9-11-18)24(2,3)4)28(26-16)23-19-7-6-14-25-20(19)12-13-21(23)31-5;1-17-16-23(28(25-17)22-6-2-5-21-20(22)4-3-11-24-21)26-32(29,30)19-9-7-18(8-10-19)27-12-14-31-15-13-27;1-15-12-21(26-30(28,29)18-10-8-17(9-11-18)22(2,3)4)27(25-15)20-7-5-6-16-13-23-24-14-19(16)20/h6-15,27H,1-5H3;6-15,27H,1-5H3;2-11,16,26H,12-15H2,1H3;5-14,26H,1-4H3. The Bertz CT molecular complexity index is 7180. The van der Waals surface area contributed by atoms with Crippen molar-refractivity contribution >= 4 is 113 Å². The van der Waals surface area contributed by atoms with Crippen molar-refractivity contribution in [2.45, 2.75) is 126 Å². The monoisotopic (exact) mass is 1790 g/mol. The summed E-state index contributed by atoms with van der Waals surface area (Å²) in [7, 11) is -12.2. The number of anilines is 5. The van der Waals surface area contributed by atoms with Gasteiger partial charge >= 0.3 is 0 Å². The number of nitrogens with zero attached hydrogens (tertiary/aromatic N) is 14. The summed E-state index contributed by atoms with van der Waals surface area (Å²) in [5.74, 6) is 3.03. The first-order valence-electron chi connectivity index (χ1n) is 40.5. The van der Waals surface area contributed by atoms with Gasteiger partial charge in [-0.3, -0.25) is 33.8 Å². The highest BCUT2D eigenvalue weighted by Gasteiger charge is 2.28. The number of ether oxygens (including phenoxy) is 4. The highest BCUT2D eigenvalue weighted by molar-refractivity contribution is 7.93. The molecule has 656 valence electrons. The molecule has 1 saturated heterocycles. The fourth-order valence-corrected chi connectivity index (χ4v) is 18.3. The van der Waals surface area contributed by atoms with E-state index >= 15 is 0 Å². The number of aryl methyl sites for hydroxylation is 4. The molecule has 0 atom stereocenters. The minimum absolute atomic E-state index is 0.0529. The van der Waals surface area contributed by atoms with E-state index < -0.39 is 40.1 Å². The van der Waals surface area contributed by atoms with Gasteiger partial charge in [0, 0.05) is 88.6 Å². The molecule has 4 N–H and O–H groups in total. The highest BCUT2D eigenvalue weighted by Crippen LogP contribution is 2.38. The number of rotatable bonds is 20. The lowest BCUT2D eigenvalue weighted by atomic mass is 9.87. The molecule has 30 nitrogen and oxygen atoms in total. The number of aromatic nitrogens is 13. The van der Waals surface area contributed by atoms with E-state index in [9.17, 15) is 33.7 Å². The average Bonchev–Trinajstić information content (AvgIpc) is 1.70. The zero-order valence-corrected chi connectivity index (χ0v) is 76.1. The van der Waals surface area contributed by atoms with Crippen molar-refractivity contribution in [2.24, 2.45) is 0 Å². The molecule has 1 aliphatic rings. The summed E-state index contributed by atoms with van der Waals surface area (Å²) in [6.45, 7) is 28.5. The Kier molecular flexibility index (Phi) is 25.7. The van der Waals surface area contributed by atoms with Gasteiger partial charge in [0.25, 0.3) is 40.1 Å². The number of morpholine rings is 1. The van der Waals surface area contributed by atoms with E-state index in [1.807, 2.05) is 163 Å². The van der Waals surface area contributed by atoms with Crippen LogP contribution >= 0.6 is 0 Å². The molecule has 0 unspecified atom stereocenters. The summed E-state index contributed by atoms with van der Waals surface area (Å²) in [5, 5.41) is 30.1. The van der Waals surface area contributed by atoms with Gasteiger partial charge < -0.3 is 23.8 Å². The van der Waals surface area contributed by atoms with Crippen LogP contribution in [0.5, 0.6) is 17.2 Å². The summed E-state index contributed by atoms with van der Waals surface area (Å²) in [5.41, 5.74) is 10.3. The van der Waals surface area contributed by atoms with Crippen LogP contribution in [0.4, 0.5) is 29.0 Å². The first-order chi connectivity index (χ1) is 60.3. The molecule has 0 saturated carbocycles. The predicted octanol–water partition coefficient (Wildman–Crippen LogP) is 17.1. The zero-order chi connectivity index (χ0) is 90.5. The summed E-state index contributed by atoms with van der Waals surface area (Å²) < 4.78 is 144. The van der Waals surface area contributed by atoms with Gasteiger partial charge in [-0.15, -0.1) is 0 Å². The Morgan fingerprint density at radius 3 is 1.13 bits per heavy atom. The molecule has 0 aliphatic carbocycles. The number of hydrogen-bond donors (Lipinski definition) is 4. The van der Waals surface area contributed by atoms with E-state index in [1.54, 1.807) is 151 Å². The maximum atomic E-state index is 13.2. The molecule has 0 spiro atoms. The van der Waals surface area contributed by atoms with Crippen LogP contribution in [0.25, 0.3) is 66.2 Å². The molecule has 127 heavy (non-hydrogen) atoms. The highest BCUT2D eigenvalue weighted by atomic mass is 32.2. The van der Waals surface area contributed by atoms with E-state index in [0.29, 0.717) is 82.1 Å². The van der Waals surface area contributed by atoms with Gasteiger partial charge in [0.1, 0.15) is 57.5 Å². The van der Waals surface area contributed by atoms with Crippen LogP contribution < -0.4 is 38.0 Å². The first kappa shape index (κ1) is 89.6. The molecule has 8 aromatic carbocycles. The number of benzene rings is 8. The first-order valence-corrected chi connectivity index (χ1v) is 46.5. The molecule has 16 aromatic rings. The van der Waals surface area contributed by atoms with E-state index in [0.717, 1.165) is 84.8 Å². The van der Waals surface area contributed by atoms with Crippen LogP contribution in [-0.2, 0) is 55.7 Å². The molecule has 34 heteroatoms. The largest absolute Gasteiger partial charge is 0.494 e. The smallest absolute Gasteiger partial charge is 0.263 e. The van der Waals surface area contributed by atoms with Crippen LogP contribution in [0.1, 0.15) is 96.2 Å². The maximum absolute atomic E-state index is 13.2. The van der Waals surface area contributed by atoms with Crippen molar-refractivity contribution in [3.63, 3.8) is 0 Å². The SMILES string of the molecule is COc1ccc2ncccc2c1-n1nc(C)cc1NS(=O)(=O)c1ccc(C(C)(C)C)cc1.COc1ccc2ncccc2c1-n1nc(C)cc1NS(=O)(=O)c1ccc(OC(C)(C)C)cc1.Cc1cc(NS(=O)(=O)c2ccc(C(C)(C)C)cc2)n(-c2cccc3cnncc23)n1.Cc1cc(NS(=O)(=O)c2ccc(N3CCOCC3)cc2)n(-c2cccc3ncccc23)n1. The van der Waals surface area contributed by atoms with Gasteiger partial charge in [0.15, 0.2) is 0 Å². The summed E-state index contributed by atoms with van der Waals surface area (Å²) in [6.07, 6.45) is 8.44. The Hall–Kier alpha value is -13.7. The Balaban J connectivity index is 0.000000137. The van der Waals surface area contributed by atoms with Gasteiger partial charge in [-0.05, 0) is 222 Å². The number of sulfonamides is 4. The average molecular weight is 1790 g/mol. The molecule has 1 fully saturated rings.